The van der Waals surface area contributed by atoms with Gasteiger partial charge in [0.1, 0.15) is 0 Å². The maximum atomic E-state index is 11.3. The minimum Gasteiger partial charge on any atom is -0.302 e. The maximum Gasteiger partial charge on any atom is 0.251 e. The van der Waals surface area contributed by atoms with Crippen molar-refractivity contribution >= 4 is 11.8 Å². The van der Waals surface area contributed by atoms with Gasteiger partial charge in [-0.2, -0.15) is 0 Å². The summed E-state index contributed by atoms with van der Waals surface area (Å²) in [6.45, 7) is 8.07. The second-order valence-electron chi connectivity index (χ2n) is 8.01. The van der Waals surface area contributed by atoms with Crippen molar-refractivity contribution in [2.45, 2.75) is 43.2 Å². The molecule has 0 radical (unpaired) electrons. The smallest absolute Gasteiger partial charge is 0.251 e. The van der Waals surface area contributed by atoms with Crippen LogP contribution < -0.4 is 5.56 Å². The van der Waals surface area contributed by atoms with Gasteiger partial charge >= 0.3 is 0 Å². The van der Waals surface area contributed by atoms with E-state index in [2.05, 4.69) is 53.0 Å². The number of aromatic amines is 1. The molecular weight excluding hydrogens is 342 g/mol. The average Bonchev–Trinajstić information content (AvgIpc) is 3.21. The topological polar surface area (TPSA) is 49.0 Å². The number of likely N-dealkylation sites (tertiary alicyclic amines) is 1. The van der Waals surface area contributed by atoms with E-state index >= 15 is 0 Å². The number of hydrogen-bond acceptors (Lipinski definition) is 4. The van der Waals surface area contributed by atoms with Crippen LogP contribution in [0.25, 0.3) is 0 Å². The second kappa shape index (κ2) is 7.20. The molecule has 2 aromatic rings. The number of nitrogens with zero attached hydrogens (tertiary/aromatic N) is 2. The minimum atomic E-state index is -0.0763. The highest BCUT2D eigenvalue weighted by atomic mass is 32.2. The lowest BCUT2D eigenvalue weighted by atomic mass is 9.92. The lowest BCUT2D eigenvalue weighted by Gasteiger charge is -2.21. The average molecular weight is 370 g/mol. The quantitative estimate of drug-likeness (QED) is 0.460. The molecule has 4 nitrogen and oxygen atoms in total. The molecule has 2 fully saturated rings. The van der Waals surface area contributed by atoms with Gasteiger partial charge in [-0.1, -0.05) is 49.9 Å². The molecule has 26 heavy (non-hydrogen) atoms. The van der Waals surface area contributed by atoms with E-state index in [4.69, 9.17) is 0 Å². The fourth-order valence-corrected chi connectivity index (χ4v) is 5.06. The first kappa shape index (κ1) is 17.8. The molecule has 1 aliphatic carbocycles. The predicted octanol–water partition coefficient (Wildman–Crippen LogP) is 3.65. The molecule has 4 rings (SSSR count). The Morgan fingerprint density at radius 2 is 2.12 bits per heavy atom. The highest BCUT2D eigenvalue weighted by molar-refractivity contribution is 7.99. The molecule has 0 spiro atoms. The molecule has 1 saturated heterocycles. The number of hydrogen-bond donors (Lipinski definition) is 1. The summed E-state index contributed by atoms with van der Waals surface area (Å²) < 4.78 is 0. The van der Waals surface area contributed by atoms with Crippen LogP contribution >= 0.6 is 11.8 Å². The fourth-order valence-electron chi connectivity index (χ4n) is 4.29. The number of thioether (sulfide) groups is 1. The SMILES string of the molecule is CC(C)c1ccc(C23C[C@@H]2CN(CCCSc2nccc(=O)[nH]2)C3)cc1. The van der Waals surface area contributed by atoms with Gasteiger partial charge in [0.25, 0.3) is 5.56 Å². The number of aromatic nitrogens is 2. The molecule has 2 aliphatic rings. The molecule has 0 amide bonds. The Bertz CT molecular complexity index is 817. The van der Waals surface area contributed by atoms with Crippen molar-refractivity contribution in [3.8, 4) is 0 Å². The molecule has 2 atom stereocenters. The van der Waals surface area contributed by atoms with Crippen LogP contribution in [-0.4, -0.2) is 40.3 Å². The van der Waals surface area contributed by atoms with Crippen LogP contribution in [0.15, 0.2) is 46.5 Å². The molecule has 2 heterocycles. The van der Waals surface area contributed by atoms with Crippen molar-refractivity contribution in [1.29, 1.82) is 0 Å². The van der Waals surface area contributed by atoms with E-state index in [1.54, 1.807) is 18.0 Å². The lowest BCUT2D eigenvalue weighted by Crippen LogP contribution is -2.27. The highest BCUT2D eigenvalue weighted by Gasteiger charge is 2.60. The van der Waals surface area contributed by atoms with Crippen LogP contribution in [-0.2, 0) is 5.41 Å². The number of nitrogens with one attached hydrogen (secondary N) is 1. The number of fused-ring (bicyclic) bond motifs is 1. The van der Waals surface area contributed by atoms with Crippen molar-refractivity contribution < 1.29 is 0 Å². The zero-order chi connectivity index (χ0) is 18.1. The number of piperidine rings is 1. The molecule has 138 valence electrons. The molecule has 1 aliphatic heterocycles. The van der Waals surface area contributed by atoms with Gasteiger partial charge in [-0.05, 0) is 42.3 Å². The number of rotatable bonds is 7. The first-order valence-electron chi connectivity index (χ1n) is 9.58. The van der Waals surface area contributed by atoms with E-state index in [1.165, 1.54) is 36.7 Å². The fraction of sp³-hybridized carbons (Fsp3) is 0.524. The summed E-state index contributed by atoms with van der Waals surface area (Å²) in [5.41, 5.74) is 3.32. The minimum absolute atomic E-state index is 0.0763. The molecule has 1 unspecified atom stereocenters. The Kier molecular flexibility index (Phi) is 4.93. The molecule has 0 bridgehead atoms. The van der Waals surface area contributed by atoms with Gasteiger partial charge < -0.3 is 9.88 Å². The van der Waals surface area contributed by atoms with Gasteiger partial charge in [0.15, 0.2) is 5.16 Å². The van der Waals surface area contributed by atoms with E-state index < -0.39 is 0 Å². The number of H-pyrrole nitrogens is 1. The molecule has 1 saturated carbocycles. The maximum absolute atomic E-state index is 11.3. The van der Waals surface area contributed by atoms with Crippen LogP contribution in [0.3, 0.4) is 0 Å². The second-order valence-corrected chi connectivity index (χ2v) is 9.09. The van der Waals surface area contributed by atoms with Crippen molar-refractivity contribution in [1.82, 2.24) is 14.9 Å². The summed E-state index contributed by atoms with van der Waals surface area (Å²) in [5.74, 6) is 2.43. The van der Waals surface area contributed by atoms with E-state index in [9.17, 15) is 4.79 Å². The summed E-state index contributed by atoms with van der Waals surface area (Å²) in [7, 11) is 0. The van der Waals surface area contributed by atoms with Crippen molar-refractivity contribution in [2.24, 2.45) is 5.92 Å². The Balaban J connectivity index is 1.27. The van der Waals surface area contributed by atoms with E-state index in [-0.39, 0.29) is 5.56 Å². The summed E-state index contributed by atoms with van der Waals surface area (Å²) in [4.78, 5) is 20.9. The predicted molar refractivity (Wildman–Crippen MR) is 107 cm³/mol. The summed E-state index contributed by atoms with van der Waals surface area (Å²) in [5, 5.41) is 0.725. The molecule has 1 aromatic carbocycles. The summed E-state index contributed by atoms with van der Waals surface area (Å²) in [6.07, 6.45) is 4.05. The molecule has 1 aromatic heterocycles. The van der Waals surface area contributed by atoms with Crippen LogP contribution in [0.5, 0.6) is 0 Å². The number of benzene rings is 1. The van der Waals surface area contributed by atoms with Crippen molar-refractivity contribution in [3.63, 3.8) is 0 Å². The summed E-state index contributed by atoms with van der Waals surface area (Å²) in [6, 6.07) is 10.8. The first-order chi connectivity index (χ1) is 12.6. The molecule has 1 N–H and O–H groups in total. The zero-order valence-electron chi connectivity index (χ0n) is 15.6. The van der Waals surface area contributed by atoms with E-state index in [0.29, 0.717) is 11.3 Å². The Labute approximate surface area is 159 Å². The van der Waals surface area contributed by atoms with E-state index in [0.717, 1.165) is 29.8 Å². The highest BCUT2D eigenvalue weighted by Crippen LogP contribution is 2.59. The Morgan fingerprint density at radius 3 is 2.85 bits per heavy atom. The zero-order valence-corrected chi connectivity index (χ0v) is 16.4. The third-order valence-corrected chi connectivity index (χ3v) is 6.85. The van der Waals surface area contributed by atoms with Crippen LogP contribution in [0.4, 0.5) is 0 Å². The molecule has 5 heteroatoms. The van der Waals surface area contributed by atoms with Crippen molar-refractivity contribution in [2.75, 3.05) is 25.4 Å². The van der Waals surface area contributed by atoms with E-state index in [1.807, 2.05) is 0 Å². The Hall–Kier alpha value is -1.59. The third kappa shape index (κ3) is 3.60. The van der Waals surface area contributed by atoms with Gasteiger partial charge in [0, 0.05) is 36.5 Å². The first-order valence-corrected chi connectivity index (χ1v) is 10.6. The normalized spacial score (nSPS) is 24.8. The van der Waals surface area contributed by atoms with Crippen LogP contribution in [0.2, 0.25) is 0 Å². The van der Waals surface area contributed by atoms with Gasteiger partial charge in [-0.3, -0.25) is 4.79 Å². The standard InChI is InChI=1S/C21H27N3OS/c1-15(2)16-4-6-17(7-5-16)21-12-18(21)13-24(14-21)10-3-11-26-20-22-9-8-19(25)23-20/h4-9,15,18H,3,10-14H2,1-2H3,(H,22,23,25)/t18-,21?/m1/s1. The van der Waals surface area contributed by atoms with Crippen LogP contribution in [0.1, 0.15) is 43.7 Å². The Morgan fingerprint density at radius 1 is 1.31 bits per heavy atom. The monoisotopic (exact) mass is 369 g/mol. The lowest BCUT2D eigenvalue weighted by molar-refractivity contribution is 0.299. The third-order valence-electron chi connectivity index (χ3n) is 5.87. The van der Waals surface area contributed by atoms with Gasteiger partial charge in [-0.15, -0.1) is 0 Å². The van der Waals surface area contributed by atoms with Gasteiger partial charge in [-0.25, -0.2) is 4.98 Å². The summed E-state index contributed by atoms with van der Waals surface area (Å²) >= 11 is 1.64. The van der Waals surface area contributed by atoms with Gasteiger partial charge in [0.2, 0.25) is 0 Å². The molecular formula is C21H27N3OS. The van der Waals surface area contributed by atoms with Crippen LogP contribution in [0, 0.1) is 5.92 Å². The van der Waals surface area contributed by atoms with Gasteiger partial charge in [0.05, 0.1) is 0 Å². The largest absolute Gasteiger partial charge is 0.302 e. The van der Waals surface area contributed by atoms with Crippen molar-refractivity contribution in [3.05, 3.63) is 58.0 Å².